The maximum Gasteiger partial charge on any atom is 0.188 e. The number of unbranched alkanes of at least 4 members (excludes halogenated alkanes) is 3. The summed E-state index contributed by atoms with van der Waals surface area (Å²) in [6, 6.07) is 8.37. The Hall–Kier alpha value is -1.51. The summed E-state index contributed by atoms with van der Waals surface area (Å²) in [5, 5.41) is 3.15. The first-order valence-electron chi connectivity index (χ1n) is 6.81. The molecule has 0 aliphatic heterocycles. The molecule has 18 heavy (non-hydrogen) atoms. The van der Waals surface area contributed by atoms with E-state index in [0.29, 0.717) is 12.5 Å². The van der Waals surface area contributed by atoms with E-state index < -0.39 is 0 Å². The second-order valence-electron chi connectivity index (χ2n) is 4.67. The molecule has 0 saturated heterocycles. The molecule has 0 spiro atoms. The Morgan fingerprint density at radius 2 is 1.89 bits per heavy atom. The van der Waals surface area contributed by atoms with E-state index in [2.05, 4.69) is 48.4 Å². The van der Waals surface area contributed by atoms with E-state index in [4.69, 9.17) is 5.73 Å². The molecule has 0 fully saturated rings. The van der Waals surface area contributed by atoms with Crippen LogP contribution in [0.5, 0.6) is 0 Å². The number of aryl methyl sites for hydroxylation is 1. The van der Waals surface area contributed by atoms with Crippen LogP contribution in [0.4, 0.5) is 0 Å². The Bertz CT molecular complexity index is 355. The first-order valence-corrected chi connectivity index (χ1v) is 6.81. The van der Waals surface area contributed by atoms with Gasteiger partial charge in [0.25, 0.3) is 0 Å². The standard InChI is InChI=1S/C15H25N3/c1-3-4-5-6-11-17-15(16)18-12-14-9-7-13(2)8-10-14/h7-10H,3-6,11-12H2,1-2H3,(H3,16,17,18). The predicted molar refractivity (Wildman–Crippen MR) is 78.7 cm³/mol. The zero-order chi connectivity index (χ0) is 13.2. The topological polar surface area (TPSA) is 50.4 Å². The first-order chi connectivity index (χ1) is 8.72. The van der Waals surface area contributed by atoms with Crippen LogP contribution in [-0.4, -0.2) is 12.5 Å². The predicted octanol–water partition coefficient (Wildman–Crippen LogP) is 2.98. The van der Waals surface area contributed by atoms with Crippen molar-refractivity contribution in [2.24, 2.45) is 10.7 Å². The molecular weight excluding hydrogens is 222 g/mol. The second kappa shape index (κ2) is 8.56. The van der Waals surface area contributed by atoms with Crippen LogP contribution in [0.3, 0.4) is 0 Å². The minimum Gasteiger partial charge on any atom is -0.370 e. The monoisotopic (exact) mass is 247 g/mol. The van der Waals surface area contributed by atoms with E-state index in [-0.39, 0.29) is 0 Å². The molecule has 1 rings (SSSR count). The fourth-order valence-electron chi connectivity index (χ4n) is 1.69. The van der Waals surface area contributed by atoms with E-state index >= 15 is 0 Å². The van der Waals surface area contributed by atoms with E-state index in [1.807, 2.05) is 0 Å². The molecule has 0 saturated carbocycles. The highest BCUT2D eigenvalue weighted by Crippen LogP contribution is 2.04. The molecule has 3 nitrogen and oxygen atoms in total. The van der Waals surface area contributed by atoms with Gasteiger partial charge in [0.1, 0.15) is 0 Å². The van der Waals surface area contributed by atoms with Gasteiger partial charge in [0.05, 0.1) is 6.54 Å². The highest BCUT2D eigenvalue weighted by atomic mass is 15.1. The second-order valence-corrected chi connectivity index (χ2v) is 4.67. The van der Waals surface area contributed by atoms with Crippen molar-refractivity contribution in [2.75, 3.05) is 6.54 Å². The van der Waals surface area contributed by atoms with Gasteiger partial charge in [-0.1, -0.05) is 56.0 Å². The molecule has 100 valence electrons. The van der Waals surface area contributed by atoms with Crippen molar-refractivity contribution in [1.29, 1.82) is 0 Å². The fourth-order valence-corrected chi connectivity index (χ4v) is 1.69. The minimum atomic E-state index is 0.548. The van der Waals surface area contributed by atoms with Crippen molar-refractivity contribution in [2.45, 2.75) is 46.1 Å². The summed E-state index contributed by atoms with van der Waals surface area (Å²) in [5.74, 6) is 0.548. The Morgan fingerprint density at radius 1 is 1.17 bits per heavy atom. The maximum absolute atomic E-state index is 5.81. The molecule has 3 heteroatoms. The van der Waals surface area contributed by atoms with Crippen LogP contribution >= 0.6 is 0 Å². The van der Waals surface area contributed by atoms with Crippen LogP contribution in [0.1, 0.15) is 43.7 Å². The normalized spacial score (nSPS) is 11.6. The molecule has 0 atom stereocenters. The average molecular weight is 247 g/mol. The summed E-state index contributed by atoms with van der Waals surface area (Å²) in [5.41, 5.74) is 8.26. The zero-order valence-corrected chi connectivity index (χ0v) is 11.6. The molecule has 0 aliphatic carbocycles. The number of nitrogens with zero attached hydrogens (tertiary/aromatic N) is 1. The third-order valence-corrected chi connectivity index (χ3v) is 2.89. The number of nitrogens with two attached hydrogens (primary N) is 1. The van der Waals surface area contributed by atoms with Gasteiger partial charge < -0.3 is 11.1 Å². The van der Waals surface area contributed by atoms with Crippen LogP contribution in [-0.2, 0) is 6.54 Å². The van der Waals surface area contributed by atoms with Crippen LogP contribution in [0.2, 0.25) is 0 Å². The number of rotatable bonds is 7. The van der Waals surface area contributed by atoms with Gasteiger partial charge in [0.2, 0.25) is 0 Å². The van der Waals surface area contributed by atoms with Crippen molar-refractivity contribution < 1.29 is 0 Å². The van der Waals surface area contributed by atoms with Gasteiger partial charge in [-0.2, -0.15) is 0 Å². The summed E-state index contributed by atoms with van der Waals surface area (Å²) in [6.45, 7) is 5.86. The van der Waals surface area contributed by atoms with E-state index in [9.17, 15) is 0 Å². The van der Waals surface area contributed by atoms with Crippen LogP contribution in [0.25, 0.3) is 0 Å². The van der Waals surface area contributed by atoms with Gasteiger partial charge >= 0.3 is 0 Å². The van der Waals surface area contributed by atoms with Gasteiger partial charge in [-0.3, -0.25) is 0 Å². The first kappa shape index (κ1) is 14.6. The minimum absolute atomic E-state index is 0.548. The van der Waals surface area contributed by atoms with Crippen molar-refractivity contribution in [1.82, 2.24) is 5.32 Å². The number of guanidine groups is 1. The summed E-state index contributed by atoms with van der Waals surface area (Å²) in [7, 11) is 0. The number of hydrogen-bond donors (Lipinski definition) is 2. The van der Waals surface area contributed by atoms with Gasteiger partial charge in [0.15, 0.2) is 5.96 Å². The Kier molecular flexibility index (Phi) is 6.92. The summed E-state index contributed by atoms with van der Waals surface area (Å²) in [4.78, 5) is 4.33. The Balaban J connectivity index is 2.22. The third kappa shape index (κ3) is 6.28. The number of hydrogen-bond acceptors (Lipinski definition) is 1. The smallest absolute Gasteiger partial charge is 0.188 e. The van der Waals surface area contributed by atoms with Crippen LogP contribution < -0.4 is 11.1 Å². The highest BCUT2D eigenvalue weighted by Gasteiger charge is 1.93. The molecule has 0 aliphatic rings. The molecule has 0 radical (unpaired) electrons. The van der Waals surface area contributed by atoms with Crippen molar-refractivity contribution >= 4 is 5.96 Å². The quantitative estimate of drug-likeness (QED) is 0.442. The Labute approximate surface area is 111 Å². The third-order valence-electron chi connectivity index (χ3n) is 2.89. The summed E-state index contributed by atoms with van der Waals surface area (Å²) in [6.07, 6.45) is 4.97. The van der Waals surface area contributed by atoms with E-state index in [0.717, 1.165) is 13.0 Å². The number of benzene rings is 1. The molecule has 0 aromatic heterocycles. The molecule has 1 aromatic rings. The molecule has 0 amide bonds. The van der Waals surface area contributed by atoms with Gasteiger partial charge in [-0.25, -0.2) is 4.99 Å². The number of nitrogens with one attached hydrogen (secondary N) is 1. The Morgan fingerprint density at radius 3 is 2.56 bits per heavy atom. The van der Waals surface area contributed by atoms with Crippen molar-refractivity contribution in [3.63, 3.8) is 0 Å². The molecule has 3 N–H and O–H groups in total. The summed E-state index contributed by atoms with van der Waals surface area (Å²) >= 11 is 0. The molecule has 1 aromatic carbocycles. The van der Waals surface area contributed by atoms with Crippen LogP contribution in [0, 0.1) is 6.92 Å². The zero-order valence-electron chi connectivity index (χ0n) is 11.6. The molecule has 0 unspecified atom stereocenters. The van der Waals surface area contributed by atoms with Gasteiger partial charge in [-0.15, -0.1) is 0 Å². The van der Waals surface area contributed by atoms with Crippen LogP contribution in [0.15, 0.2) is 29.3 Å². The van der Waals surface area contributed by atoms with Crippen molar-refractivity contribution in [3.05, 3.63) is 35.4 Å². The molecular formula is C15H25N3. The summed E-state index contributed by atoms with van der Waals surface area (Å²) < 4.78 is 0. The lowest BCUT2D eigenvalue weighted by atomic mass is 10.1. The van der Waals surface area contributed by atoms with Crippen molar-refractivity contribution in [3.8, 4) is 0 Å². The lowest BCUT2D eigenvalue weighted by molar-refractivity contribution is 0.652. The average Bonchev–Trinajstić information content (AvgIpc) is 2.38. The lowest BCUT2D eigenvalue weighted by Crippen LogP contribution is -2.32. The SMILES string of the molecule is CCCCCCNC(N)=NCc1ccc(C)cc1. The highest BCUT2D eigenvalue weighted by molar-refractivity contribution is 5.77. The number of aliphatic imine (C=N–C) groups is 1. The van der Waals surface area contributed by atoms with Gasteiger partial charge in [-0.05, 0) is 18.9 Å². The van der Waals surface area contributed by atoms with E-state index in [1.54, 1.807) is 0 Å². The fraction of sp³-hybridized carbons (Fsp3) is 0.533. The molecule has 0 bridgehead atoms. The lowest BCUT2D eigenvalue weighted by Gasteiger charge is -2.05. The van der Waals surface area contributed by atoms with Gasteiger partial charge in [0, 0.05) is 6.54 Å². The largest absolute Gasteiger partial charge is 0.370 e. The maximum atomic E-state index is 5.81. The molecule has 0 heterocycles. The van der Waals surface area contributed by atoms with E-state index in [1.165, 1.54) is 30.4 Å².